The van der Waals surface area contributed by atoms with Crippen molar-refractivity contribution in [1.82, 2.24) is 4.90 Å². The monoisotopic (exact) mass is 352 g/mol. The van der Waals surface area contributed by atoms with Gasteiger partial charge in [0.1, 0.15) is 5.75 Å². The van der Waals surface area contributed by atoms with Gasteiger partial charge in [0.2, 0.25) is 5.91 Å². The standard InChI is InChI=1S/C22H28N2O2/c1-26-21-13-11-19(12-14-21)7-5-10-22(25)24-16-6-15-23(17-18-24)20-8-3-2-4-9-20/h2-4,8-9,11-14H,5-7,10,15-18H2,1H3. The third-order valence-corrected chi connectivity index (χ3v) is 4.99. The summed E-state index contributed by atoms with van der Waals surface area (Å²) in [6.07, 6.45) is 3.47. The van der Waals surface area contributed by atoms with Gasteiger partial charge in [0.05, 0.1) is 7.11 Å². The van der Waals surface area contributed by atoms with Gasteiger partial charge in [-0.05, 0) is 49.1 Å². The van der Waals surface area contributed by atoms with Gasteiger partial charge in [-0.3, -0.25) is 4.79 Å². The molecule has 0 spiro atoms. The van der Waals surface area contributed by atoms with E-state index < -0.39 is 0 Å². The molecule has 0 saturated carbocycles. The van der Waals surface area contributed by atoms with Crippen LogP contribution < -0.4 is 9.64 Å². The van der Waals surface area contributed by atoms with Crippen LogP contribution in [0, 0.1) is 0 Å². The zero-order chi connectivity index (χ0) is 18.2. The Kier molecular flexibility index (Phi) is 6.53. The van der Waals surface area contributed by atoms with Gasteiger partial charge in [0.15, 0.2) is 0 Å². The van der Waals surface area contributed by atoms with Crippen molar-refractivity contribution in [3.05, 3.63) is 60.2 Å². The Balaban J connectivity index is 1.44. The van der Waals surface area contributed by atoms with Gasteiger partial charge in [-0.15, -0.1) is 0 Å². The summed E-state index contributed by atoms with van der Waals surface area (Å²) in [4.78, 5) is 17.0. The maximum absolute atomic E-state index is 12.6. The highest BCUT2D eigenvalue weighted by molar-refractivity contribution is 5.76. The van der Waals surface area contributed by atoms with Crippen LogP contribution in [0.25, 0.3) is 0 Å². The Morgan fingerprint density at radius 2 is 1.73 bits per heavy atom. The summed E-state index contributed by atoms with van der Waals surface area (Å²) in [5, 5.41) is 0. The number of aryl methyl sites for hydroxylation is 1. The average molecular weight is 352 g/mol. The highest BCUT2D eigenvalue weighted by Gasteiger charge is 2.18. The van der Waals surface area contributed by atoms with Crippen molar-refractivity contribution in [2.45, 2.75) is 25.7 Å². The van der Waals surface area contributed by atoms with E-state index in [1.807, 2.05) is 23.1 Å². The van der Waals surface area contributed by atoms with Crippen LogP contribution in [0.3, 0.4) is 0 Å². The summed E-state index contributed by atoms with van der Waals surface area (Å²) in [6.45, 7) is 3.61. The molecule has 0 N–H and O–H groups in total. The summed E-state index contributed by atoms with van der Waals surface area (Å²) in [6, 6.07) is 18.6. The first-order chi connectivity index (χ1) is 12.8. The first-order valence-electron chi connectivity index (χ1n) is 9.47. The van der Waals surface area contributed by atoms with Gasteiger partial charge in [-0.1, -0.05) is 30.3 Å². The van der Waals surface area contributed by atoms with Crippen molar-refractivity contribution in [3.8, 4) is 5.75 Å². The third-order valence-electron chi connectivity index (χ3n) is 4.99. The first-order valence-corrected chi connectivity index (χ1v) is 9.47. The van der Waals surface area contributed by atoms with Crippen LogP contribution in [-0.2, 0) is 11.2 Å². The number of carbonyl (C=O) groups excluding carboxylic acids is 1. The molecule has 0 bridgehead atoms. The quantitative estimate of drug-likeness (QED) is 0.794. The van der Waals surface area contributed by atoms with Crippen LogP contribution >= 0.6 is 0 Å². The molecule has 0 aliphatic carbocycles. The molecule has 1 saturated heterocycles. The topological polar surface area (TPSA) is 32.8 Å². The van der Waals surface area contributed by atoms with Crippen molar-refractivity contribution in [3.63, 3.8) is 0 Å². The second-order valence-corrected chi connectivity index (χ2v) is 6.76. The molecule has 2 aromatic rings. The van der Waals surface area contributed by atoms with Crippen LogP contribution in [0.15, 0.2) is 54.6 Å². The summed E-state index contributed by atoms with van der Waals surface area (Å²) < 4.78 is 5.18. The SMILES string of the molecule is COc1ccc(CCCC(=O)N2CCCN(c3ccccc3)CC2)cc1. The molecule has 3 rings (SSSR count). The number of methoxy groups -OCH3 is 1. The normalized spacial score (nSPS) is 14.8. The Morgan fingerprint density at radius 1 is 0.962 bits per heavy atom. The number of hydrogen-bond donors (Lipinski definition) is 0. The van der Waals surface area contributed by atoms with E-state index in [9.17, 15) is 4.79 Å². The minimum atomic E-state index is 0.286. The first kappa shape index (κ1) is 18.3. The highest BCUT2D eigenvalue weighted by Crippen LogP contribution is 2.17. The number of rotatable bonds is 6. The molecule has 4 heteroatoms. The van der Waals surface area contributed by atoms with Crippen molar-refractivity contribution in [1.29, 1.82) is 0 Å². The lowest BCUT2D eigenvalue weighted by molar-refractivity contribution is -0.131. The molecule has 1 heterocycles. The largest absolute Gasteiger partial charge is 0.497 e. The van der Waals surface area contributed by atoms with Gasteiger partial charge in [-0.2, -0.15) is 0 Å². The Bertz CT molecular complexity index is 685. The molecular formula is C22H28N2O2. The lowest BCUT2D eigenvalue weighted by Gasteiger charge is -2.23. The van der Waals surface area contributed by atoms with Gasteiger partial charge in [-0.25, -0.2) is 0 Å². The molecule has 1 amide bonds. The zero-order valence-corrected chi connectivity index (χ0v) is 15.6. The summed E-state index contributed by atoms with van der Waals surface area (Å²) >= 11 is 0. The smallest absolute Gasteiger partial charge is 0.222 e. The summed E-state index contributed by atoms with van der Waals surface area (Å²) in [5.41, 5.74) is 2.51. The van der Waals surface area contributed by atoms with Gasteiger partial charge in [0.25, 0.3) is 0 Å². The predicted octanol–water partition coefficient (Wildman–Crippen LogP) is 3.76. The lowest BCUT2D eigenvalue weighted by Crippen LogP contribution is -2.35. The second kappa shape index (κ2) is 9.27. The molecule has 1 fully saturated rings. The number of para-hydroxylation sites is 1. The molecule has 4 nitrogen and oxygen atoms in total. The highest BCUT2D eigenvalue weighted by atomic mass is 16.5. The van der Waals surface area contributed by atoms with Gasteiger partial charge < -0.3 is 14.5 Å². The number of nitrogens with zero attached hydrogens (tertiary/aromatic N) is 2. The molecule has 1 aliphatic heterocycles. The molecule has 0 aromatic heterocycles. The Labute approximate surface area is 156 Å². The minimum Gasteiger partial charge on any atom is -0.497 e. The second-order valence-electron chi connectivity index (χ2n) is 6.76. The minimum absolute atomic E-state index is 0.286. The van der Waals surface area contributed by atoms with Gasteiger partial charge >= 0.3 is 0 Å². The summed E-state index contributed by atoms with van der Waals surface area (Å²) in [7, 11) is 1.67. The van der Waals surface area contributed by atoms with E-state index in [0.29, 0.717) is 6.42 Å². The molecular weight excluding hydrogens is 324 g/mol. The number of benzene rings is 2. The predicted molar refractivity (Wildman–Crippen MR) is 106 cm³/mol. The van der Waals surface area contributed by atoms with Crippen molar-refractivity contribution >= 4 is 11.6 Å². The fourth-order valence-electron chi connectivity index (χ4n) is 3.46. The molecule has 26 heavy (non-hydrogen) atoms. The fraction of sp³-hybridized carbons (Fsp3) is 0.409. The molecule has 0 radical (unpaired) electrons. The van der Waals surface area contributed by atoms with E-state index >= 15 is 0 Å². The van der Waals surface area contributed by atoms with E-state index in [2.05, 4.69) is 41.3 Å². The summed E-state index contributed by atoms with van der Waals surface area (Å²) in [5.74, 6) is 1.16. The molecule has 0 unspecified atom stereocenters. The van der Waals surface area contributed by atoms with Crippen molar-refractivity contribution in [2.24, 2.45) is 0 Å². The van der Waals surface area contributed by atoms with Crippen LogP contribution in [-0.4, -0.2) is 44.1 Å². The number of hydrogen-bond acceptors (Lipinski definition) is 3. The lowest BCUT2D eigenvalue weighted by atomic mass is 10.1. The van der Waals surface area contributed by atoms with E-state index in [1.165, 1.54) is 11.3 Å². The van der Waals surface area contributed by atoms with E-state index in [-0.39, 0.29) is 5.91 Å². The van der Waals surface area contributed by atoms with Crippen molar-refractivity contribution in [2.75, 3.05) is 38.2 Å². The molecule has 1 aliphatic rings. The number of anilines is 1. The maximum Gasteiger partial charge on any atom is 0.222 e. The fourth-order valence-corrected chi connectivity index (χ4v) is 3.46. The van der Waals surface area contributed by atoms with E-state index in [0.717, 1.165) is 51.2 Å². The van der Waals surface area contributed by atoms with Crippen molar-refractivity contribution < 1.29 is 9.53 Å². The maximum atomic E-state index is 12.6. The zero-order valence-electron chi connectivity index (χ0n) is 15.6. The number of carbonyl (C=O) groups is 1. The molecule has 138 valence electrons. The Hall–Kier alpha value is -2.49. The average Bonchev–Trinajstić information content (AvgIpc) is 2.95. The molecule has 2 aromatic carbocycles. The third kappa shape index (κ3) is 5.01. The molecule has 0 atom stereocenters. The van der Waals surface area contributed by atoms with E-state index in [4.69, 9.17) is 4.74 Å². The van der Waals surface area contributed by atoms with E-state index in [1.54, 1.807) is 7.11 Å². The van der Waals surface area contributed by atoms with Crippen LogP contribution in [0.5, 0.6) is 5.75 Å². The van der Waals surface area contributed by atoms with Crippen LogP contribution in [0.2, 0.25) is 0 Å². The number of ether oxygens (including phenoxy) is 1. The van der Waals surface area contributed by atoms with Crippen LogP contribution in [0.1, 0.15) is 24.8 Å². The Morgan fingerprint density at radius 3 is 2.46 bits per heavy atom. The van der Waals surface area contributed by atoms with Crippen LogP contribution in [0.4, 0.5) is 5.69 Å². The number of amides is 1. The van der Waals surface area contributed by atoms with Gasteiger partial charge in [0, 0.05) is 38.3 Å².